The Labute approximate surface area is 113 Å². The lowest BCUT2D eigenvalue weighted by Crippen LogP contribution is -2.12. The molecule has 1 N–H and O–H groups in total. The fourth-order valence-electron chi connectivity index (χ4n) is 1.73. The van der Waals surface area contributed by atoms with Gasteiger partial charge in [0.15, 0.2) is 0 Å². The van der Waals surface area contributed by atoms with Crippen LogP contribution < -0.4 is 5.32 Å². The van der Waals surface area contributed by atoms with Crippen LogP contribution in [0.1, 0.15) is 18.1 Å². The summed E-state index contributed by atoms with van der Waals surface area (Å²) in [6, 6.07) is 17.6. The predicted molar refractivity (Wildman–Crippen MR) is 79.9 cm³/mol. The van der Waals surface area contributed by atoms with Gasteiger partial charge in [0.25, 0.3) is 5.91 Å². The van der Waals surface area contributed by atoms with Crippen LogP contribution in [-0.4, -0.2) is 5.91 Å². The first kappa shape index (κ1) is 13.1. The average molecular weight is 251 g/mol. The molecule has 0 aliphatic rings. The molecule has 2 heteroatoms. The van der Waals surface area contributed by atoms with Gasteiger partial charge in [-0.2, -0.15) is 0 Å². The van der Waals surface area contributed by atoms with Crippen molar-refractivity contribution in [3.63, 3.8) is 0 Å². The fraction of sp³-hybridized carbons (Fsp3) is 0.118. The Morgan fingerprint density at radius 2 is 1.63 bits per heavy atom. The fourth-order valence-corrected chi connectivity index (χ4v) is 1.73. The average Bonchev–Trinajstić information content (AvgIpc) is 2.42. The van der Waals surface area contributed by atoms with Crippen LogP contribution in [0.2, 0.25) is 0 Å². The smallest absolute Gasteiger partial charge is 0.251 e. The van der Waals surface area contributed by atoms with E-state index < -0.39 is 0 Å². The van der Waals surface area contributed by atoms with Gasteiger partial charge in [-0.25, -0.2) is 0 Å². The van der Waals surface area contributed by atoms with Crippen LogP contribution in [0, 0.1) is 6.92 Å². The van der Waals surface area contributed by atoms with Gasteiger partial charge in [-0.05, 0) is 37.6 Å². The topological polar surface area (TPSA) is 29.1 Å². The van der Waals surface area contributed by atoms with Crippen molar-refractivity contribution in [2.75, 3.05) is 5.32 Å². The summed E-state index contributed by atoms with van der Waals surface area (Å²) in [4.78, 5) is 12.0. The molecule has 0 saturated heterocycles. The highest BCUT2D eigenvalue weighted by atomic mass is 16.1. The van der Waals surface area contributed by atoms with E-state index in [1.807, 2.05) is 74.5 Å². The third-order valence-corrected chi connectivity index (χ3v) is 2.85. The summed E-state index contributed by atoms with van der Waals surface area (Å²) in [6.45, 7) is 3.84. The Bertz CT molecular complexity index is 582. The van der Waals surface area contributed by atoms with Crippen molar-refractivity contribution in [1.82, 2.24) is 0 Å². The van der Waals surface area contributed by atoms with Crippen molar-refractivity contribution >= 4 is 17.7 Å². The monoisotopic (exact) mass is 251 g/mol. The molecule has 0 spiro atoms. The molecule has 0 unspecified atom stereocenters. The first-order valence-corrected chi connectivity index (χ1v) is 6.26. The molecule has 0 bridgehead atoms. The van der Waals surface area contributed by atoms with Gasteiger partial charge in [0.2, 0.25) is 0 Å². The van der Waals surface area contributed by atoms with Crippen LogP contribution in [0.25, 0.3) is 6.08 Å². The van der Waals surface area contributed by atoms with Gasteiger partial charge < -0.3 is 5.32 Å². The van der Waals surface area contributed by atoms with Crippen molar-refractivity contribution in [2.45, 2.75) is 13.8 Å². The van der Waals surface area contributed by atoms with E-state index in [0.29, 0.717) is 5.57 Å². The van der Waals surface area contributed by atoms with Gasteiger partial charge in [0.05, 0.1) is 0 Å². The Morgan fingerprint density at radius 3 is 2.26 bits per heavy atom. The molecule has 2 rings (SSSR count). The lowest BCUT2D eigenvalue weighted by atomic mass is 10.1. The lowest BCUT2D eigenvalue weighted by molar-refractivity contribution is -0.112. The van der Waals surface area contributed by atoms with E-state index in [-0.39, 0.29) is 5.91 Å². The van der Waals surface area contributed by atoms with E-state index >= 15 is 0 Å². The second kappa shape index (κ2) is 6.01. The Morgan fingerprint density at radius 1 is 1.00 bits per heavy atom. The third kappa shape index (κ3) is 3.81. The van der Waals surface area contributed by atoms with E-state index in [2.05, 4.69) is 5.32 Å². The maximum atomic E-state index is 12.0. The minimum Gasteiger partial charge on any atom is -0.322 e. The molecule has 1 amide bonds. The van der Waals surface area contributed by atoms with E-state index in [9.17, 15) is 4.79 Å². The van der Waals surface area contributed by atoms with Gasteiger partial charge in [-0.1, -0.05) is 48.0 Å². The molecule has 0 aliphatic carbocycles. The SMILES string of the molecule is CC(=Cc1ccccc1)C(=O)Nc1ccc(C)cc1. The summed E-state index contributed by atoms with van der Waals surface area (Å²) in [6.07, 6.45) is 1.88. The number of anilines is 1. The number of amides is 1. The summed E-state index contributed by atoms with van der Waals surface area (Å²) in [5.41, 5.74) is 3.71. The molecule has 0 aliphatic heterocycles. The van der Waals surface area contributed by atoms with Gasteiger partial charge in [0.1, 0.15) is 0 Å². The van der Waals surface area contributed by atoms with E-state index in [1.54, 1.807) is 0 Å². The first-order valence-electron chi connectivity index (χ1n) is 6.26. The quantitative estimate of drug-likeness (QED) is 0.820. The van der Waals surface area contributed by atoms with Crippen molar-refractivity contribution in [1.29, 1.82) is 0 Å². The molecule has 0 radical (unpaired) electrons. The summed E-state index contributed by atoms with van der Waals surface area (Å²) >= 11 is 0. The molecule has 0 heterocycles. The van der Waals surface area contributed by atoms with E-state index in [4.69, 9.17) is 0 Å². The number of rotatable bonds is 3. The molecule has 2 nitrogen and oxygen atoms in total. The molecule has 0 aromatic heterocycles. The van der Waals surface area contributed by atoms with Crippen LogP contribution in [0.15, 0.2) is 60.2 Å². The number of nitrogens with one attached hydrogen (secondary N) is 1. The van der Waals surface area contributed by atoms with Crippen LogP contribution in [0.4, 0.5) is 5.69 Å². The van der Waals surface area contributed by atoms with Gasteiger partial charge in [-0.3, -0.25) is 4.79 Å². The summed E-state index contributed by atoms with van der Waals surface area (Å²) in [5.74, 6) is -0.0762. The van der Waals surface area contributed by atoms with Crippen molar-refractivity contribution < 1.29 is 4.79 Å². The highest BCUT2D eigenvalue weighted by Gasteiger charge is 2.04. The van der Waals surface area contributed by atoms with Crippen LogP contribution in [0.3, 0.4) is 0 Å². The predicted octanol–water partition coefficient (Wildman–Crippen LogP) is 4.04. The molecule has 19 heavy (non-hydrogen) atoms. The van der Waals surface area contributed by atoms with E-state index in [0.717, 1.165) is 11.3 Å². The normalized spacial score (nSPS) is 11.2. The zero-order valence-corrected chi connectivity index (χ0v) is 11.2. The molecular weight excluding hydrogens is 234 g/mol. The van der Waals surface area contributed by atoms with Crippen molar-refractivity contribution in [3.8, 4) is 0 Å². The Balaban J connectivity index is 2.07. The van der Waals surface area contributed by atoms with Gasteiger partial charge >= 0.3 is 0 Å². The number of aryl methyl sites for hydroxylation is 1. The molecule has 2 aromatic carbocycles. The first-order chi connectivity index (χ1) is 9.15. The van der Waals surface area contributed by atoms with Crippen molar-refractivity contribution in [2.24, 2.45) is 0 Å². The van der Waals surface area contributed by atoms with Crippen LogP contribution in [0.5, 0.6) is 0 Å². The van der Waals surface area contributed by atoms with Crippen molar-refractivity contribution in [3.05, 3.63) is 71.3 Å². The minimum absolute atomic E-state index is 0.0762. The Kier molecular flexibility index (Phi) is 4.14. The zero-order valence-electron chi connectivity index (χ0n) is 11.2. The number of carbonyl (C=O) groups excluding carboxylic acids is 1. The third-order valence-electron chi connectivity index (χ3n) is 2.85. The Hall–Kier alpha value is -2.35. The maximum Gasteiger partial charge on any atom is 0.251 e. The largest absolute Gasteiger partial charge is 0.322 e. The number of hydrogen-bond donors (Lipinski definition) is 1. The maximum absolute atomic E-state index is 12.0. The lowest BCUT2D eigenvalue weighted by Gasteiger charge is -2.06. The molecule has 0 saturated carbocycles. The summed E-state index contributed by atoms with van der Waals surface area (Å²) in [5, 5.41) is 2.88. The number of hydrogen-bond acceptors (Lipinski definition) is 1. The zero-order chi connectivity index (χ0) is 13.7. The molecule has 0 atom stereocenters. The number of carbonyl (C=O) groups is 1. The molecular formula is C17H17NO. The summed E-state index contributed by atoms with van der Waals surface area (Å²) < 4.78 is 0. The second-order valence-electron chi connectivity index (χ2n) is 4.56. The van der Waals surface area contributed by atoms with Crippen LogP contribution >= 0.6 is 0 Å². The standard InChI is InChI=1S/C17H17NO/c1-13-8-10-16(11-9-13)18-17(19)14(2)12-15-6-4-3-5-7-15/h3-12H,1-2H3,(H,18,19). The highest BCUT2D eigenvalue weighted by molar-refractivity contribution is 6.06. The van der Waals surface area contributed by atoms with Gasteiger partial charge in [-0.15, -0.1) is 0 Å². The minimum atomic E-state index is -0.0762. The van der Waals surface area contributed by atoms with E-state index in [1.165, 1.54) is 5.56 Å². The van der Waals surface area contributed by atoms with Crippen LogP contribution in [-0.2, 0) is 4.79 Å². The highest BCUT2D eigenvalue weighted by Crippen LogP contribution is 2.12. The second-order valence-corrected chi connectivity index (χ2v) is 4.56. The molecule has 0 fully saturated rings. The number of benzene rings is 2. The van der Waals surface area contributed by atoms with Gasteiger partial charge in [0, 0.05) is 11.3 Å². The molecule has 2 aromatic rings. The summed E-state index contributed by atoms with van der Waals surface area (Å²) in [7, 11) is 0. The molecule has 96 valence electrons.